The highest BCUT2D eigenvalue weighted by atomic mass is 35.5. The monoisotopic (exact) mass is 459 g/mol. The van der Waals surface area contributed by atoms with Gasteiger partial charge < -0.3 is 9.47 Å². The first-order chi connectivity index (χ1) is 15.3. The minimum absolute atomic E-state index is 0.0224. The number of ether oxygens (including phenoxy) is 2. The fourth-order valence-electron chi connectivity index (χ4n) is 3.83. The molecule has 1 aliphatic rings. The lowest BCUT2D eigenvalue weighted by Gasteiger charge is -2.19. The van der Waals surface area contributed by atoms with E-state index in [1.54, 1.807) is 43.3 Å². The summed E-state index contributed by atoms with van der Waals surface area (Å²) in [5, 5.41) is 4.84. The smallest absolute Gasteiger partial charge is 0.417 e. The molecular weight excluding hydrogens is 443 g/mol. The SMILES string of the molecule is Cc1nn(Cc2ccccc2Cl)c2nc(-c3ccc4c(c3)OCCO4)cc(C(F)(F)F)c12. The van der Waals surface area contributed by atoms with Crippen LogP contribution in [0.15, 0.2) is 48.5 Å². The van der Waals surface area contributed by atoms with Gasteiger partial charge in [0.2, 0.25) is 0 Å². The minimum atomic E-state index is -4.58. The molecule has 0 saturated heterocycles. The third kappa shape index (κ3) is 3.64. The standard InChI is InChI=1S/C23H17ClF3N3O2/c1-13-21-16(23(25,26)27)11-18(14-6-7-19-20(10-14)32-9-8-31-19)28-22(21)30(29-13)12-15-4-2-3-5-17(15)24/h2-7,10-11H,8-9,12H2,1H3. The number of hydrogen-bond acceptors (Lipinski definition) is 4. The van der Waals surface area contributed by atoms with E-state index in [1.165, 1.54) is 4.68 Å². The molecule has 32 heavy (non-hydrogen) atoms. The fourth-order valence-corrected chi connectivity index (χ4v) is 4.02. The van der Waals surface area contributed by atoms with Gasteiger partial charge in [0.1, 0.15) is 13.2 Å². The molecule has 4 aromatic rings. The van der Waals surface area contributed by atoms with Gasteiger partial charge in [-0.1, -0.05) is 29.8 Å². The van der Waals surface area contributed by atoms with Crippen molar-refractivity contribution in [3.8, 4) is 22.8 Å². The summed E-state index contributed by atoms with van der Waals surface area (Å²) in [4.78, 5) is 4.58. The second-order valence-electron chi connectivity index (χ2n) is 7.44. The second kappa shape index (κ2) is 7.70. The quantitative estimate of drug-likeness (QED) is 0.383. The van der Waals surface area contributed by atoms with Crippen molar-refractivity contribution in [3.63, 3.8) is 0 Å². The van der Waals surface area contributed by atoms with Crippen molar-refractivity contribution in [1.29, 1.82) is 0 Å². The number of nitrogens with zero attached hydrogens (tertiary/aromatic N) is 3. The summed E-state index contributed by atoms with van der Waals surface area (Å²) >= 11 is 6.26. The van der Waals surface area contributed by atoms with Crippen LogP contribution in [0, 0.1) is 6.92 Å². The zero-order valence-corrected chi connectivity index (χ0v) is 17.7. The first-order valence-electron chi connectivity index (χ1n) is 9.90. The Morgan fingerprint density at radius 3 is 2.53 bits per heavy atom. The highest BCUT2D eigenvalue weighted by molar-refractivity contribution is 6.31. The molecule has 0 saturated carbocycles. The molecule has 9 heteroatoms. The molecule has 0 radical (unpaired) electrons. The van der Waals surface area contributed by atoms with Gasteiger partial charge in [-0.15, -0.1) is 0 Å². The maximum Gasteiger partial charge on any atom is 0.417 e. The molecule has 0 spiro atoms. The summed E-state index contributed by atoms with van der Waals surface area (Å²) in [7, 11) is 0. The zero-order chi connectivity index (χ0) is 22.5. The van der Waals surface area contributed by atoms with Crippen molar-refractivity contribution in [2.24, 2.45) is 0 Å². The Morgan fingerprint density at radius 2 is 1.78 bits per heavy atom. The summed E-state index contributed by atoms with van der Waals surface area (Å²) < 4.78 is 54.7. The van der Waals surface area contributed by atoms with Crippen LogP contribution in [0.5, 0.6) is 11.5 Å². The number of benzene rings is 2. The van der Waals surface area contributed by atoms with Gasteiger partial charge in [-0.05, 0) is 42.8 Å². The Balaban J connectivity index is 1.70. The molecule has 0 atom stereocenters. The van der Waals surface area contributed by atoms with Crippen LogP contribution >= 0.6 is 11.6 Å². The van der Waals surface area contributed by atoms with Crippen LogP contribution in [-0.2, 0) is 12.7 Å². The Morgan fingerprint density at radius 1 is 1.03 bits per heavy atom. The van der Waals surface area contributed by atoms with Crippen LogP contribution < -0.4 is 9.47 Å². The summed E-state index contributed by atoms with van der Waals surface area (Å²) in [6.07, 6.45) is -4.58. The molecule has 5 nitrogen and oxygen atoms in total. The van der Waals surface area contributed by atoms with E-state index < -0.39 is 11.7 Å². The van der Waals surface area contributed by atoms with Crippen LogP contribution in [0.1, 0.15) is 16.8 Å². The van der Waals surface area contributed by atoms with Crippen LogP contribution in [0.2, 0.25) is 5.02 Å². The van der Waals surface area contributed by atoms with Gasteiger partial charge in [-0.3, -0.25) is 0 Å². The van der Waals surface area contributed by atoms with Gasteiger partial charge in [0, 0.05) is 10.6 Å². The Hall–Kier alpha value is -3.26. The van der Waals surface area contributed by atoms with Crippen molar-refractivity contribution >= 4 is 22.6 Å². The molecule has 0 amide bonds. The van der Waals surface area contributed by atoms with Crippen molar-refractivity contribution in [1.82, 2.24) is 14.8 Å². The number of halogens is 4. The molecule has 5 rings (SSSR count). The van der Waals surface area contributed by atoms with E-state index in [0.717, 1.165) is 11.6 Å². The van der Waals surface area contributed by atoms with E-state index in [1.807, 2.05) is 6.07 Å². The number of fused-ring (bicyclic) bond motifs is 2. The molecular formula is C23H17ClF3N3O2. The molecule has 0 unspecified atom stereocenters. The summed E-state index contributed by atoms with van der Waals surface area (Å²) in [5.41, 5.74) is 1.00. The third-order valence-corrected chi connectivity index (χ3v) is 5.67. The fraction of sp³-hybridized carbons (Fsp3) is 0.217. The summed E-state index contributed by atoms with van der Waals surface area (Å²) in [6, 6.07) is 13.2. The second-order valence-corrected chi connectivity index (χ2v) is 7.85. The first kappa shape index (κ1) is 20.6. The van der Waals surface area contributed by atoms with Crippen LogP contribution in [0.3, 0.4) is 0 Å². The number of aryl methyl sites for hydroxylation is 1. The number of hydrogen-bond donors (Lipinski definition) is 0. The van der Waals surface area contributed by atoms with E-state index in [4.69, 9.17) is 21.1 Å². The number of pyridine rings is 1. The van der Waals surface area contributed by atoms with E-state index in [2.05, 4.69) is 10.1 Å². The van der Waals surface area contributed by atoms with Crippen LogP contribution in [0.25, 0.3) is 22.3 Å². The van der Waals surface area contributed by atoms with Gasteiger partial charge in [-0.2, -0.15) is 18.3 Å². The molecule has 0 N–H and O–H groups in total. The Kier molecular flexibility index (Phi) is 4.97. The summed E-state index contributed by atoms with van der Waals surface area (Å²) in [6.45, 7) is 2.54. The van der Waals surface area contributed by atoms with Gasteiger partial charge in [0.05, 0.1) is 28.9 Å². The van der Waals surface area contributed by atoms with E-state index in [9.17, 15) is 13.2 Å². The van der Waals surface area contributed by atoms with Crippen molar-refractivity contribution in [3.05, 3.63) is 70.4 Å². The van der Waals surface area contributed by atoms with Gasteiger partial charge in [-0.25, -0.2) is 9.67 Å². The van der Waals surface area contributed by atoms with Crippen LogP contribution in [0.4, 0.5) is 13.2 Å². The lowest BCUT2D eigenvalue weighted by Crippen LogP contribution is -2.15. The van der Waals surface area contributed by atoms with Crippen LogP contribution in [-0.4, -0.2) is 28.0 Å². The molecule has 0 aliphatic carbocycles. The lowest BCUT2D eigenvalue weighted by atomic mass is 10.0. The van der Waals surface area contributed by atoms with Gasteiger partial charge in [0.15, 0.2) is 17.1 Å². The molecule has 3 heterocycles. The molecule has 0 fully saturated rings. The predicted octanol–water partition coefficient (Wildman–Crippen LogP) is 5.90. The number of alkyl halides is 3. The largest absolute Gasteiger partial charge is 0.486 e. The average Bonchev–Trinajstić information content (AvgIpc) is 3.09. The van der Waals surface area contributed by atoms with Crippen molar-refractivity contribution in [2.45, 2.75) is 19.6 Å². The highest BCUT2D eigenvalue weighted by Gasteiger charge is 2.36. The van der Waals surface area contributed by atoms with Gasteiger partial charge in [0.25, 0.3) is 0 Å². The first-order valence-corrected chi connectivity index (χ1v) is 10.3. The zero-order valence-electron chi connectivity index (χ0n) is 16.9. The van der Waals surface area contributed by atoms with Gasteiger partial charge >= 0.3 is 6.18 Å². The molecule has 164 valence electrons. The topological polar surface area (TPSA) is 49.2 Å². The molecule has 2 aromatic heterocycles. The van der Waals surface area contributed by atoms with E-state index in [-0.39, 0.29) is 29.0 Å². The highest BCUT2D eigenvalue weighted by Crippen LogP contribution is 2.40. The van der Waals surface area contributed by atoms with Crippen molar-refractivity contribution in [2.75, 3.05) is 13.2 Å². The molecule has 1 aliphatic heterocycles. The van der Waals surface area contributed by atoms with E-state index >= 15 is 0 Å². The van der Waals surface area contributed by atoms with Crippen molar-refractivity contribution < 1.29 is 22.6 Å². The predicted molar refractivity (Wildman–Crippen MR) is 114 cm³/mol. The lowest BCUT2D eigenvalue weighted by molar-refractivity contribution is -0.136. The van der Waals surface area contributed by atoms with E-state index in [0.29, 0.717) is 35.3 Å². The molecule has 2 aromatic carbocycles. The molecule has 0 bridgehead atoms. The summed E-state index contributed by atoms with van der Waals surface area (Å²) in [5.74, 6) is 1.03. The number of rotatable bonds is 3. The Labute approximate surface area is 186 Å². The minimum Gasteiger partial charge on any atom is -0.486 e. The number of aromatic nitrogens is 3. The maximum absolute atomic E-state index is 14.0. The average molecular weight is 460 g/mol. The third-order valence-electron chi connectivity index (χ3n) is 5.30. The normalized spacial score (nSPS) is 13.5. The Bertz CT molecular complexity index is 1330. The maximum atomic E-state index is 14.0.